The van der Waals surface area contributed by atoms with E-state index in [1.807, 2.05) is 21.1 Å². The number of allylic oxidation sites excluding steroid dienone is 14. The number of unbranched alkanes of at least 4 members (excludes halogenated alkanes) is 51. The summed E-state index contributed by atoms with van der Waals surface area (Å²) in [5.41, 5.74) is 0. The molecule has 0 heterocycles. The molecule has 576 valence electrons. The molecule has 0 aromatic carbocycles. The average Bonchev–Trinajstić information content (AvgIpc) is 2.19. The number of carbonyl (C=O) groups is 3. The van der Waals surface area contributed by atoms with Crippen molar-refractivity contribution in [1.82, 2.24) is 0 Å². The molecule has 0 aliphatic rings. The molecule has 9 nitrogen and oxygen atoms in total. The van der Waals surface area contributed by atoms with E-state index in [0.717, 1.165) is 70.6 Å². The summed E-state index contributed by atoms with van der Waals surface area (Å²) in [5.74, 6) is -2.25. The summed E-state index contributed by atoms with van der Waals surface area (Å²) in [6.07, 6.45) is 107. The van der Waals surface area contributed by atoms with Crippen LogP contribution in [0.3, 0.4) is 0 Å². The molecular weight excluding hydrogens is 1220 g/mol. The molecule has 2 unspecified atom stereocenters. The molecule has 0 saturated carbocycles. The number of carboxylic acid groups (broad SMARTS) is 1. The normalized spacial score (nSPS) is 13.0. The Balaban J connectivity index is 3.94. The van der Waals surface area contributed by atoms with Crippen LogP contribution < -0.4 is 5.11 Å². The van der Waals surface area contributed by atoms with E-state index in [0.29, 0.717) is 23.9 Å². The van der Waals surface area contributed by atoms with Crippen LogP contribution in [0.4, 0.5) is 0 Å². The molecule has 0 aliphatic carbocycles. The summed E-state index contributed by atoms with van der Waals surface area (Å²) < 4.78 is 22.9. The number of likely N-dealkylation sites (N-methyl/N-ethyl adjacent to an activating group) is 1. The maximum Gasteiger partial charge on any atom is 0.306 e. The number of esters is 2. The number of hydrogen-bond acceptors (Lipinski definition) is 8. The molecule has 0 bridgehead atoms. The number of hydrogen-bond donors (Lipinski definition) is 0. The predicted molar refractivity (Wildman–Crippen MR) is 426 cm³/mol. The van der Waals surface area contributed by atoms with Gasteiger partial charge in [-0.1, -0.05) is 394 Å². The smallest absolute Gasteiger partial charge is 0.306 e. The average molecular weight is 1390 g/mol. The first-order valence-electron chi connectivity index (χ1n) is 42.7. The Hall–Kier alpha value is -3.53. The Morgan fingerprint density at radius 1 is 0.313 bits per heavy atom. The monoisotopic (exact) mass is 1390 g/mol. The Bertz CT molecular complexity index is 1910. The molecule has 0 amide bonds. The van der Waals surface area contributed by atoms with Gasteiger partial charge in [0.2, 0.25) is 0 Å². The topological polar surface area (TPSA) is 111 Å². The predicted octanol–water partition coefficient (Wildman–Crippen LogP) is 26.4. The molecule has 0 N–H and O–H groups in total. The molecule has 0 fully saturated rings. The number of nitrogens with zero attached hydrogens (tertiary/aromatic N) is 1. The van der Waals surface area contributed by atoms with Gasteiger partial charge in [0.25, 0.3) is 0 Å². The van der Waals surface area contributed by atoms with Crippen LogP contribution in [0.25, 0.3) is 0 Å². The zero-order valence-corrected chi connectivity index (χ0v) is 66.1. The van der Waals surface area contributed by atoms with Gasteiger partial charge < -0.3 is 33.3 Å². The van der Waals surface area contributed by atoms with Crippen molar-refractivity contribution in [3.8, 4) is 0 Å². The Morgan fingerprint density at radius 2 is 0.576 bits per heavy atom. The van der Waals surface area contributed by atoms with Gasteiger partial charge in [-0.2, -0.15) is 0 Å². The van der Waals surface area contributed by atoms with Gasteiger partial charge in [-0.05, 0) is 89.9 Å². The highest BCUT2D eigenvalue weighted by atomic mass is 16.7. The second-order valence-electron chi connectivity index (χ2n) is 30.1. The quantitative estimate of drug-likeness (QED) is 0.0195. The summed E-state index contributed by atoms with van der Waals surface area (Å²) >= 11 is 0. The van der Waals surface area contributed by atoms with Crippen molar-refractivity contribution in [1.29, 1.82) is 0 Å². The van der Waals surface area contributed by atoms with Gasteiger partial charge in [0.1, 0.15) is 13.2 Å². The summed E-state index contributed by atoms with van der Waals surface area (Å²) in [6, 6.07) is 0. The lowest BCUT2D eigenvalue weighted by Gasteiger charge is -2.26. The van der Waals surface area contributed by atoms with Crippen molar-refractivity contribution >= 4 is 17.9 Å². The van der Waals surface area contributed by atoms with Crippen LogP contribution in [0.5, 0.6) is 0 Å². The van der Waals surface area contributed by atoms with Gasteiger partial charge in [0.15, 0.2) is 12.4 Å². The highest BCUT2D eigenvalue weighted by molar-refractivity contribution is 5.70. The number of ether oxygens (including phenoxy) is 4. The van der Waals surface area contributed by atoms with Crippen LogP contribution in [0.1, 0.15) is 412 Å². The van der Waals surface area contributed by atoms with Gasteiger partial charge in [0, 0.05) is 12.8 Å². The molecule has 2 atom stereocenters. The summed E-state index contributed by atoms with van der Waals surface area (Å²) in [7, 11) is 5.95. The second kappa shape index (κ2) is 80.2. The van der Waals surface area contributed by atoms with Crippen molar-refractivity contribution in [2.24, 2.45) is 0 Å². The van der Waals surface area contributed by atoms with E-state index in [9.17, 15) is 19.5 Å². The molecular formula is C90H163NO8. The highest BCUT2D eigenvalue weighted by Gasteiger charge is 2.22. The third-order valence-corrected chi connectivity index (χ3v) is 19.1. The maximum absolute atomic E-state index is 13.0. The third kappa shape index (κ3) is 81.6. The van der Waals surface area contributed by atoms with Crippen LogP contribution in [-0.4, -0.2) is 82.3 Å². The maximum atomic E-state index is 13.0. The van der Waals surface area contributed by atoms with Crippen LogP contribution in [0, 0.1) is 0 Å². The van der Waals surface area contributed by atoms with Gasteiger partial charge in [-0.15, -0.1) is 0 Å². The van der Waals surface area contributed by atoms with Gasteiger partial charge >= 0.3 is 11.9 Å². The first-order chi connectivity index (χ1) is 48.6. The van der Waals surface area contributed by atoms with E-state index >= 15 is 0 Å². The SMILES string of the molecule is CC/C=C\C/C=C\C/C=C\C/C=C\C/C=C\CCCCCCCCCCCCCCCCCCCCCCCC(=O)OC(COC(=O)CCCCCCCCCCCCCCCCCCCCCCCCCCC/C=C\C/C=C\CCCCCCC)COC(OCC[N+](C)(C)C)C(=O)[O-]. The molecule has 0 spiro atoms. The van der Waals surface area contributed by atoms with Crippen LogP contribution >= 0.6 is 0 Å². The number of carboxylic acids is 1. The number of quaternary nitrogens is 1. The Labute approximate surface area is 614 Å². The largest absolute Gasteiger partial charge is 0.545 e. The van der Waals surface area contributed by atoms with Crippen molar-refractivity contribution in [3.63, 3.8) is 0 Å². The molecule has 9 heteroatoms. The number of rotatable bonds is 80. The van der Waals surface area contributed by atoms with E-state index in [1.54, 1.807) is 0 Å². The van der Waals surface area contributed by atoms with Crippen LogP contribution in [0.15, 0.2) is 85.1 Å². The first-order valence-corrected chi connectivity index (χ1v) is 42.7. The fraction of sp³-hybridized carbons (Fsp3) is 0.811. The number of aliphatic carboxylic acids is 1. The lowest BCUT2D eigenvalue weighted by Crippen LogP contribution is -2.44. The van der Waals surface area contributed by atoms with Gasteiger partial charge in [-0.25, -0.2) is 0 Å². The van der Waals surface area contributed by atoms with Gasteiger partial charge in [0.05, 0.1) is 40.3 Å². The van der Waals surface area contributed by atoms with E-state index in [2.05, 4.69) is 98.9 Å². The molecule has 0 radical (unpaired) electrons. The molecule has 0 saturated heterocycles. The van der Waals surface area contributed by atoms with Crippen molar-refractivity contribution in [3.05, 3.63) is 85.1 Å². The van der Waals surface area contributed by atoms with Crippen molar-refractivity contribution < 1.29 is 42.9 Å². The summed E-state index contributed by atoms with van der Waals surface area (Å²) in [6.45, 7) is 4.69. The standard InChI is InChI=1S/C90H163NO8/c1-6-8-10-12-14-16-18-20-22-24-26-28-30-32-34-36-38-40-42-44-46-48-50-52-54-56-58-60-62-64-66-68-70-72-74-76-78-80-87(92)97-84-86(85-98-90(89(94)95)96-83-82-91(3,4)5)99-88(93)81-79-77-75-73-71-69-67-65-63-61-59-57-55-53-51-49-47-45-43-41-39-37-35-33-31-29-27-25-23-21-19-17-15-13-11-9-7-2/h9,11,15,17-18,20-21,23-24,26-27,29,33,35,86,90H,6-8,10,12-14,16,19,22,25,28,30-32,34,36-85H2,1-5H3/b11-9-,17-15-,20-18-,23-21-,26-24-,29-27-,35-33-. The lowest BCUT2D eigenvalue weighted by molar-refractivity contribution is -0.870. The van der Waals surface area contributed by atoms with E-state index in [4.69, 9.17) is 18.9 Å². The van der Waals surface area contributed by atoms with Crippen LogP contribution in [-0.2, 0) is 33.3 Å². The van der Waals surface area contributed by atoms with E-state index in [1.165, 1.54) is 308 Å². The molecule has 0 rings (SSSR count). The zero-order valence-electron chi connectivity index (χ0n) is 66.1. The van der Waals surface area contributed by atoms with Crippen molar-refractivity contribution in [2.75, 3.05) is 47.5 Å². The highest BCUT2D eigenvalue weighted by Crippen LogP contribution is 2.20. The number of carbonyl (C=O) groups excluding carboxylic acids is 3. The minimum atomic E-state index is -1.62. The molecule has 0 aliphatic heterocycles. The fourth-order valence-electron chi connectivity index (χ4n) is 12.7. The van der Waals surface area contributed by atoms with Crippen LogP contribution in [0.2, 0.25) is 0 Å². The van der Waals surface area contributed by atoms with Gasteiger partial charge in [-0.3, -0.25) is 9.59 Å². The molecule has 0 aromatic heterocycles. The minimum absolute atomic E-state index is 0.149. The zero-order chi connectivity index (χ0) is 71.8. The first kappa shape index (κ1) is 95.5. The van der Waals surface area contributed by atoms with E-state index < -0.39 is 24.3 Å². The van der Waals surface area contributed by atoms with E-state index in [-0.39, 0.29) is 32.2 Å². The Morgan fingerprint density at radius 3 is 0.859 bits per heavy atom. The minimum Gasteiger partial charge on any atom is -0.545 e. The fourth-order valence-corrected chi connectivity index (χ4v) is 12.7. The van der Waals surface area contributed by atoms with Crippen molar-refractivity contribution in [2.45, 2.75) is 424 Å². The lowest BCUT2D eigenvalue weighted by atomic mass is 10.0. The summed E-state index contributed by atoms with van der Waals surface area (Å²) in [4.78, 5) is 37.7. The Kier molecular flexibility index (Phi) is 77.3. The second-order valence-corrected chi connectivity index (χ2v) is 30.1. The summed E-state index contributed by atoms with van der Waals surface area (Å²) in [5, 5.41) is 11.9. The molecule has 0 aromatic rings. The molecule has 99 heavy (non-hydrogen) atoms. The third-order valence-electron chi connectivity index (χ3n) is 19.1.